The lowest BCUT2D eigenvalue weighted by Crippen LogP contribution is -2.36. The molecule has 0 radical (unpaired) electrons. The molecule has 0 aliphatic heterocycles. The molecule has 2 N–H and O–H groups in total. The number of furan rings is 1. The van der Waals surface area contributed by atoms with Gasteiger partial charge in [0.25, 0.3) is 11.5 Å². The molecule has 0 fully saturated rings. The highest BCUT2D eigenvalue weighted by Gasteiger charge is 2.26. The van der Waals surface area contributed by atoms with E-state index < -0.39 is 24.0 Å². The molecular weight excluding hydrogens is 266 g/mol. The van der Waals surface area contributed by atoms with Gasteiger partial charge < -0.3 is 19.4 Å². The number of nitrogens with one attached hydrogen (secondary N) is 1. The number of H-pyrrole nitrogens is 1. The maximum absolute atomic E-state index is 12.4. The monoisotopic (exact) mass is 279 g/mol. The van der Waals surface area contributed by atoms with Gasteiger partial charge in [0.2, 0.25) is 5.71 Å². The SMILES string of the molecule is CCN(CC(=O)O)C(=O)c1c(C)oc2nc[nH]c(=O)c12. The highest BCUT2D eigenvalue weighted by atomic mass is 16.4. The lowest BCUT2D eigenvalue weighted by atomic mass is 10.1. The summed E-state index contributed by atoms with van der Waals surface area (Å²) in [4.78, 5) is 42.3. The minimum atomic E-state index is -1.13. The molecule has 2 aromatic rings. The smallest absolute Gasteiger partial charge is 0.323 e. The van der Waals surface area contributed by atoms with Crippen LogP contribution in [-0.2, 0) is 4.79 Å². The van der Waals surface area contributed by atoms with E-state index in [1.54, 1.807) is 6.92 Å². The number of likely N-dealkylation sites (N-methyl/N-ethyl adjacent to an activating group) is 1. The molecule has 106 valence electrons. The summed E-state index contributed by atoms with van der Waals surface area (Å²) >= 11 is 0. The van der Waals surface area contributed by atoms with Crippen LogP contribution in [0.5, 0.6) is 0 Å². The zero-order chi connectivity index (χ0) is 14.9. The number of hydrogen-bond acceptors (Lipinski definition) is 5. The number of aryl methyl sites for hydroxylation is 1. The second kappa shape index (κ2) is 5.16. The van der Waals surface area contributed by atoms with Crippen LogP contribution in [0.1, 0.15) is 23.0 Å². The van der Waals surface area contributed by atoms with E-state index in [0.29, 0.717) is 0 Å². The molecule has 20 heavy (non-hydrogen) atoms. The minimum Gasteiger partial charge on any atom is -0.480 e. The molecule has 0 unspecified atom stereocenters. The first kappa shape index (κ1) is 13.8. The second-order valence-electron chi connectivity index (χ2n) is 4.16. The number of fused-ring (bicyclic) bond motifs is 1. The van der Waals surface area contributed by atoms with Crippen LogP contribution in [0.25, 0.3) is 11.1 Å². The molecule has 0 saturated heterocycles. The van der Waals surface area contributed by atoms with Crippen molar-refractivity contribution >= 4 is 23.0 Å². The molecule has 0 aliphatic rings. The average molecular weight is 279 g/mol. The van der Waals surface area contributed by atoms with E-state index in [2.05, 4.69) is 9.97 Å². The van der Waals surface area contributed by atoms with Crippen molar-refractivity contribution in [1.82, 2.24) is 14.9 Å². The number of carbonyl (C=O) groups is 2. The Bertz CT molecular complexity index is 730. The summed E-state index contributed by atoms with van der Waals surface area (Å²) in [6.45, 7) is 2.94. The summed E-state index contributed by atoms with van der Waals surface area (Å²) in [5, 5.41) is 8.84. The summed E-state index contributed by atoms with van der Waals surface area (Å²) in [7, 11) is 0. The molecule has 8 nitrogen and oxygen atoms in total. The third-order valence-corrected chi connectivity index (χ3v) is 2.88. The number of carbonyl (C=O) groups excluding carboxylic acids is 1. The van der Waals surface area contributed by atoms with Gasteiger partial charge in [-0.1, -0.05) is 0 Å². The van der Waals surface area contributed by atoms with Crippen LogP contribution in [0, 0.1) is 6.92 Å². The Labute approximate surface area is 113 Å². The van der Waals surface area contributed by atoms with Crippen molar-refractivity contribution in [2.24, 2.45) is 0 Å². The van der Waals surface area contributed by atoms with Gasteiger partial charge in [-0.15, -0.1) is 0 Å². The van der Waals surface area contributed by atoms with Gasteiger partial charge in [-0.05, 0) is 13.8 Å². The summed E-state index contributed by atoms with van der Waals surface area (Å²) in [5.74, 6) is -1.46. The fourth-order valence-corrected chi connectivity index (χ4v) is 1.96. The van der Waals surface area contributed by atoms with Gasteiger partial charge in [-0.2, -0.15) is 0 Å². The van der Waals surface area contributed by atoms with Crippen molar-refractivity contribution in [3.63, 3.8) is 0 Å². The normalized spacial score (nSPS) is 10.7. The van der Waals surface area contributed by atoms with E-state index in [-0.39, 0.29) is 29.0 Å². The van der Waals surface area contributed by atoms with Crippen molar-refractivity contribution in [2.45, 2.75) is 13.8 Å². The average Bonchev–Trinajstić information content (AvgIpc) is 2.72. The van der Waals surface area contributed by atoms with Crippen LogP contribution < -0.4 is 5.56 Å². The van der Waals surface area contributed by atoms with Crippen LogP contribution in [0.15, 0.2) is 15.5 Å². The molecule has 0 bridgehead atoms. The first-order valence-electron chi connectivity index (χ1n) is 5.93. The highest BCUT2D eigenvalue weighted by molar-refractivity contribution is 6.06. The van der Waals surface area contributed by atoms with E-state index in [9.17, 15) is 14.4 Å². The third kappa shape index (κ3) is 2.27. The van der Waals surface area contributed by atoms with E-state index in [0.717, 1.165) is 4.90 Å². The number of rotatable bonds is 4. The molecule has 0 atom stereocenters. The van der Waals surface area contributed by atoms with Crippen molar-refractivity contribution < 1.29 is 19.1 Å². The Morgan fingerprint density at radius 1 is 1.50 bits per heavy atom. The molecule has 2 heterocycles. The summed E-state index contributed by atoms with van der Waals surface area (Å²) in [6, 6.07) is 0. The van der Waals surface area contributed by atoms with Crippen molar-refractivity contribution in [3.8, 4) is 0 Å². The number of amides is 1. The van der Waals surface area contributed by atoms with Crippen molar-refractivity contribution in [2.75, 3.05) is 13.1 Å². The Kier molecular flexibility index (Phi) is 3.55. The molecule has 2 rings (SSSR count). The minimum absolute atomic E-state index is 0.0406. The van der Waals surface area contributed by atoms with Crippen LogP contribution in [-0.4, -0.2) is 44.9 Å². The molecule has 0 saturated carbocycles. The Hall–Kier alpha value is -2.64. The standard InChI is InChI=1S/C12H13N3O5/c1-3-15(4-7(16)17)12(19)8-6(2)20-11-9(8)10(18)13-5-14-11/h5H,3-4H2,1-2H3,(H,16,17)(H,13,14,18). The van der Waals surface area contributed by atoms with Gasteiger partial charge >= 0.3 is 5.97 Å². The quantitative estimate of drug-likeness (QED) is 0.835. The highest BCUT2D eigenvalue weighted by Crippen LogP contribution is 2.22. The predicted molar refractivity (Wildman–Crippen MR) is 68.6 cm³/mol. The van der Waals surface area contributed by atoms with Crippen LogP contribution >= 0.6 is 0 Å². The van der Waals surface area contributed by atoms with Gasteiger partial charge in [0, 0.05) is 6.54 Å². The fourth-order valence-electron chi connectivity index (χ4n) is 1.96. The number of aromatic nitrogens is 2. The number of hydrogen-bond donors (Lipinski definition) is 2. The van der Waals surface area contributed by atoms with Crippen LogP contribution in [0.4, 0.5) is 0 Å². The summed E-state index contributed by atoms with van der Waals surface area (Å²) in [6.07, 6.45) is 1.18. The molecule has 2 aromatic heterocycles. The lowest BCUT2D eigenvalue weighted by Gasteiger charge is -2.17. The Morgan fingerprint density at radius 2 is 2.20 bits per heavy atom. The summed E-state index contributed by atoms with van der Waals surface area (Å²) < 4.78 is 5.27. The molecule has 0 aromatic carbocycles. The van der Waals surface area contributed by atoms with Crippen molar-refractivity contribution in [3.05, 3.63) is 28.0 Å². The number of aliphatic carboxylic acids is 1. The van der Waals surface area contributed by atoms with Gasteiger partial charge in [-0.3, -0.25) is 14.4 Å². The van der Waals surface area contributed by atoms with Crippen molar-refractivity contribution in [1.29, 1.82) is 0 Å². The molecule has 8 heteroatoms. The molecule has 0 spiro atoms. The van der Waals surface area contributed by atoms with Gasteiger partial charge in [0.1, 0.15) is 17.7 Å². The van der Waals surface area contributed by atoms with Crippen LogP contribution in [0.2, 0.25) is 0 Å². The molecular formula is C12H13N3O5. The van der Waals surface area contributed by atoms with Crippen LogP contribution in [0.3, 0.4) is 0 Å². The fraction of sp³-hybridized carbons (Fsp3) is 0.333. The van der Waals surface area contributed by atoms with Gasteiger partial charge in [-0.25, -0.2) is 4.98 Å². The largest absolute Gasteiger partial charge is 0.480 e. The van der Waals surface area contributed by atoms with Gasteiger partial charge in [0.05, 0.1) is 11.9 Å². The number of carboxylic acids is 1. The predicted octanol–water partition coefficient (Wildman–Crippen LogP) is 0.371. The molecule has 0 aliphatic carbocycles. The lowest BCUT2D eigenvalue weighted by molar-refractivity contribution is -0.137. The zero-order valence-electron chi connectivity index (χ0n) is 11.0. The van der Waals surface area contributed by atoms with E-state index in [1.807, 2.05) is 0 Å². The number of nitrogens with zero attached hydrogens (tertiary/aromatic N) is 2. The topological polar surface area (TPSA) is 116 Å². The number of carboxylic acid groups (broad SMARTS) is 1. The number of aromatic amines is 1. The van der Waals surface area contributed by atoms with E-state index in [4.69, 9.17) is 9.52 Å². The maximum Gasteiger partial charge on any atom is 0.323 e. The van der Waals surface area contributed by atoms with E-state index in [1.165, 1.54) is 13.3 Å². The summed E-state index contributed by atoms with van der Waals surface area (Å²) in [5.41, 5.74) is -0.389. The first-order chi connectivity index (χ1) is 9.45. The molecule has 1 amide bonds. The zero-order valence-corrected chi connectivity index (χ0v) is 11.0. The first-order valence-corrected chi connectivity index (χ1v) is 5.93. The maximum atomic E-state index is 12.4. The Balaban J connectivity index is 2.57. The third-order valence-electron chi connectivity index (χ3n) is 2.88. The van der Waals surface area contributed by atoms with E-state index >= 15 is 0 Å². The van der Waals surface area contributed by atoms with Gasteiger partial charge in [0.15, 0.2) is 0 Å². The Morgan fingerprint density at radius 3 is 2.80 bits per heavy atom. The second-order valence-corrected chi connectivity index (χ2v) is 4.16.